The number of benzene rings is 12. The van der Waals surface area contributed by atoms with Crippen molar-refractivity contribution in [2.75, 3.05) is 131 Å². The molecular weight excluding hydrogens is 1820 g/mol. The Morgan fingerprint density at radius 1 is 0.308 bits per heavy atom. The lowest BCUT2D eigenvalue weighted by atomic mass is 9.87. The summed E-state index contributed by atoms with van der Waals surface area (Å²) in [6.07, 6.45) is 1.60. The number of fused-ring (bicyclic) bond motifs is 5. The number of carbonyl (C=O) groups is 5. The summed E-state index contributed by atoms with van der Waals surface area (Å²) in [5, 5.41) is 7.72. The van der Waals surface area contributed by atoms with E-state index >= 15 is 0 Å². The molecule has 5 saturated heterocycles. The SMILES string of the molecule is Cc1ccc(CN2CCN(C(=O)c3cc4cc(C)ccc4[nH]3)CC2)cc1.Cc1ccc(S(=O)(=O)N2CCN(C(=O)c3cc4cc(C)ccc4[nH]3)CC2)cc1.Cc1ccc2[nH]c(C(=O)N3CCN(Cc4ccc(C(C)(C)C)cc4)CC3)cc2c1.Cc1ccc2[nH]c(C(=O)N3CCN(S(=O)(=O)/C=C/c4ccccc4)CC3)cc2c1.O=C(c1ccc2ccccc2c1)N1CCN(C(c2ccccc2)c2ccccc2)CC1. The monoisotopic (exact) mass is 1950 g/mol. The molecule has 0 unspecified atom stereocenters. The van der Waals surface area contributed by atoms with Gasteiger partial charge in [-0.2, -0.15) is 8.61 Å². The molecule has 12 aromatic carbocycles. The minimum atomic E-state index is -3.53. The highest BCUT2D eigenvalue weighted by Crippen LogP contribution is 2.33. The highest BCUT2D eigenvalue weighted by molar-refractivity contribution is 7.92. The Morgan fingerprint density at radius 2 is 0.636 bits per heavy atom. The molecule has 9 heterocycles. The van der Waals surface area contributed by atoms with Crippen molar-refractivity contribution in [3.8, 4) is 0 Å². The Balaban J connectivity index is 0.000000123. The van der Waals surface area contributed by atoms with E-state index in [1.165, 1.54) is 58.5 Å². The highest BCUT2D eigenvalue weighted by Gasteiger charge is 2.35. The third kappa shape index (κ3) is 25.1. The van der Waals surface area contributed by atoms with Gasteiger partial charge < -0.3 is 44.4 Å². The van der Waals surface area contributed by atoms with Gasteiger partial charge in [-0.05, 0) is 194 Å². The van der Waals surface area contributed by atoms with E-state index < -0.39 is 20.0 Å². The maximum absolute atomic E-state index is 13.2. The highest BCUT2D eigenvalue weighted by atomic mass is 32.2. The van der Waals surface area contributed by atoms with E-state index in [1.54, 1.807) is 40.1 Å². The van der Waals surface area contributed by atoms with Crippen molar-refractivity contribution in [2.24, 2.45) is 0 Å². The van der Waals surface area contributed by atoms with Crippen LogP contribution in [0.2, 0.25) is 0 Å². The lowest BCUT2D eigenvalue weighted by Crippen LogP contribution is -2.50. The van der Waals surface area contributed by atoms with Crippen molar-refractivity contribution in [2.45, 2.75) is 91.8 Å². The molecule has 5 aliphatic rings. The molecule has 0 bridgehead atoms. The van der Waals surface area contributed by atoms with Crippen LogP contribution in [0.1, 0.15) is 146 Å². The van der Waals surface area contributed by atoms with Gasteiger partial charge in [0.2, 0.25) is 20.0 Å². The number of H-pyrrole nitrogens is 4. The van der Waals surface area contributed by atoms with Crippen LogP contribution in [0.4, 0.5) is 0 Å². The summed E-state index contributed by atoms with van der Waals surface area (Å²) in [6, 6.07) is 102. The van der Waals surface area contributed by atoms with Crippen molar-refractivity contribution in [1.82, 2.24) is 67.7 Å². The molecule has 5 fully saturated rings. The van der Waals surface area contributed by atoms with Crippen molar-refractivity contribution < 1.29 is 40.8 Å². The number of aromatic nitrogens is 4. The van der Waals surface area contributed by atoms with Gasteiger partial charge in [-0.15, -0.1) is 0 Å². The van der Waals surface area contributed by atoms with E-state index in [1.807, 2.05) is 169 Å². The lowest BCUT2D eigenvalue weighted by molar-refractivity contribution is 0.0595. The molecule has 0 spiro atoms. The Labute approximate surface area is 839 Å². The van der Waals surface area contributed by atoms with Crippen LogP contribution < -0.4 is 0 Å². The van der Waals surface area contributed by atoms with Gasteiger partial charge in [0.1, 0.15) is 22.8 Å². The zero-order chi connectivity index (χ0) is 100. The predicted molar refractivity (Wildman–Crippen MR) is 575 cm³/mol. The van der Waals surface area contributed by atoms with Crippen LogP contribution in [0.3, 0.4) is 0 Å². The quantitative estimate of drug-likeness (QED) is 0.0664. The summed E-state index contributed by atoms with van der Waals surface area (Å²) >= 11 is 0. The molecule has 143 heavy (non-hydrogen) atoms. The van der Waals surface area contributed by atoms with Crippen molar-refractivity contribution in [3.63, 3.8) is 0 Å². The second kappa shape index (κ2) is 45.0. The standard InChI is InChI=1S/C28H26N2O.C25H31N3O.C22H23N3O3S.C22H25N3O.C21H23N3O3S/c31-28(26-16-15-22-9-7-8-14-25(22)21-26)30-19-17-29(18-20-30)27(23-10-3-1-4-11-23)24-12-5-2-6-13-24;1-18-5-10-22-20(15-18)16-23(26-22)24(29)28-13-11-27(12-14-28)17-19-6-8-21(9-7-19)25(2,3)4;1-17-7-8-20-19(15-17)16-21(23-20)22(26)24-10-12-25(13-11-24)29(27,28)14-9-18-5-3-2-4-6-18;1-16-3-6-18(7-4-16)15-24-9-11-25(12-10-24)22(26)21-14-19-13-17(2)5-8-20(19)23-21;1-15-3-6-18(7-4-15)28(26,27)24-11-9-23(10-12-24)21(25)20-14-17-13-16(2)5-8-19(17)22-20/h1-16,21,27H,17-20H2;5-10,15-16,26H,11-14,17H2,1-4H3;2-9,14-16,23H,10-13H2,1H3;3-8,13-14,23H,9-12,15H2,1-2H3;3-8,13-14,22H,9-12H2,1-2H3/b;;14-9+;;. The van der Waals surface area contributed by atoms with Gasteiger partial charge in [0.15, 0.2) is 0 Å². The molecule has 5 aliphatic heterocycles. The topological polar surface area (TPSA) is 249 Å². The first kappa shape index (κ1) is 100. The molecule has 0 saturated carbocycles. The number of piperazine rings is 5. The fraction of sp³-hybridized carbons (Fsp3) is 0.280. The van der Waals surface area contributed by atoms with Gasteiger partial charge in [-0.3, -0.25) is 38.7 Å². The molecule has 4 aromatic heterocycles. The number of aryl methyl sites for hydroxylation is 6. The minimum absolute atomic E-state index is 0.0961. The number of hydrogen-bond acceptors (Lipinski definition) is 12. The predicted octanol–water partition coefficient (Wildman–Crippen LogP) is 20.0. The number of hydrogen-bond donors (Lipinski definition) is 4. The van der Waals surface area contributed by atoms with E-state index in [0.717, 1.165) is 174 Å². The van der Waals surface area contributed by atoms with Crippen molar-refractivity contribution in [1.29, 1.82) is 0 Å². The fourth-order valence-electron chi connectivity index (χ4n) is 19.2. The Kier molecular flexibility index (Phi) is 31.6. The molecule has 0 atom stereocenters. The van der Waals surface area contributed by atoms with Gasteiger partial charge in [-0.1, -0.05) is 260 Å². The minimum Gasteiger partial charge on any atom is -0.351 e. The molecule has 21 rings (SSSR count). The second-order valence-electron chi connectivity index (χ2n) is 39.2. The van der Waals surface area contributed by atoms with E-state index in [-0.39, 0.29) is 54.1 Å². The number of nitrogens with zero attached hydrogens (tertiary/aromatic N) is 10. The van der Waals surface area contributed by atoms with Crippen LogP contribution >= 0.6 is 0 Å². The molecule has 23 nitrogen and oxygen atoms in total. The first-order valence-electron chi connectivity index (χ1n) is 49.5. The molecule has 5 amide bonds. The largest absolute Gasteiger partial charge is 0.351 e. The van der Waals surface area contributed by atoms with Gasteiger partial charge in [0.25, 0.3) is 29.5 Å². The summed E-state index contributed by atoms with van der Waals surface area (Å²) in [6.45, 7) is 33.4. The fourth-order valence-corrected chi connectivity index (χ4v) is 21.8. The Morgan fingerprint density at radius 3 is 1.03 bits per heavy atom. The third-order valence-corrected chi connectivity index (χ3v) is 31.1. The van der Waals surface area contributed by atoms with E-state index in [9.17, 15) is 40.8 Å². The van der Waals surface area contributed by atoms with Gasteiger partial charge in [0.05, 0.1) is 10.9 Å². The zero-order valence-corrected chi connectivity index (χ0v) is 84.8. The molecule has 16 aromatic rings. The molecular formula is C118H128N14O9S2. The number of aromatic amines is 4. The lowest BCUT2D eigenvalue weighted by Gasteiger charge is -2.39. The zero-order valence-electron chi connectivity index (χ0n) is 83.1. The number of sulfonamides is 2. The van der Waals surface area contributed by atoms with Crippen molar-refractivity contribution in [3.05, 3.63) is 404 Å². The number of nitrogens with one attached hydrogen (secondary N) is 4. The normalized spacial score (nSPS) is 15.6. The first-order valence-corrected chi connectivity index (χ1v) is 52.4. The average molecular weight is 1950 g/mol. The van der Waals surface area contributed by atoms with Crippen LogP contribution in [0.15, 0.2) is 314 Å². The van der Waals surface area contributed by atoms with Gasteiger partial charge in [-0.25, -0.2) is 16.8 Å². The molecule has 0 radical (unpaired) electrons. The van der Waals surface area contributed by atoms with E-state index in [4.69, 9.17) is 0 Å². The van der Waals surface area contributed by atoms with Crippen LogP contribution in [0.5, 0.6) is 0 Å². The van der Waals surface area contributed by atoms with Gasteiger partial charge >= 0.3 is 0 Å². The number of rotatable bonds is 17. The Hall–Kier alpha value is -14.2. The van der Waals surface area contributed by atoms with Crippen molar-refractivity contribution >= 4 is 110 Å². The summed E-state index contributed by atoms with van der Waals surface area (Å²) in [7, 11) is -7.04. The van der Waals surface area contributed by atoms with E-state index in [0.29, 0.717) is 66.9 Å². The molecule has 25 heteroatoms. The van der Waals surface area contributed by atoms with E-state index in [2.05, 4.69) is 222 Å². The number of carbonyl (C=O) groups excluding carboxylic acids is 5. The first-order chi connectivity index (χ1) is 68.9. The summed E-state index contributed by atoms with van der Waals surface area (Å²) in [5.41, 5.74) is 21.8. The number of amides is 5. The molecule has 0 aliphatic carbocycles. The maximum Gasteiger partial charge on any atom is 0.270 e. The third-order valence-electron chi connectivity index (χ3n) is 27.6. The molecule has 4 N–H and O–H groups in total. The second-order valence-corrected chi connectivity index (χ2v) is 43.0. The van der Waals surface area contributed by atoms with Crippen LogP contribution in [0.25, 0.3) is 60.5 Å². The van der Waals surface area contributed by atoms with Crippen LogP contribution in [0, 0.1) is 41.5 Å². The van der Waals surface area contributed by atoms with Crippen LogP contribution in [-0.4, -0.2) is 245 Å². The summed E-state index contributed by atoms with van der Waals surface area (Å²) in [4.78, 5) is 94.5. The Bertz CT molecular complexity index is 7390. The van der Waals surface area contributed by atoms with Crippen LogP contribution in [-0.2, 0) is 38.6 Å². The average Bonchev–Trinajstić information content (AvgIpc) is 1.73. The summed E-state index contributed by atoms with van der Waals surface area (Å²) in [5.74, 6) is 0.139. The smallest absolute Gasteiger partial charge is 0.270 e. The van der Waals surface area contributed by atoms with Gasteiger partial charge in [0, 0.05) is 199 Å². The molecule has 736 valence electrons. The maximum atomic E-state index is 13.2. The summed E-state index contributed by atoms with van der Waals surface area (Å²) < 4.78 is 53.7.